The number of carbonyl (C=O) groups is 2. The Morgan fingerprint density at radius 3 is 2.42 bits per heavy atom. The summed E-state index contributed by atoms with van der Waals surface area (Å²) in [6, 6.07) is -1.36. The third-order valence-electron chi connectivity index (χ3n) is 2.80. The van der Waals surface area contributed by atoms with Crippen molar-refractivity contribution in [3.05, 3.63) is 0 Å². The van der Waals surface area contributed by atoms with E-state index in [1.807, 2.05) is 13.8 Å². The van der Waals surface area contributed by atoms with Crippen LogP contribution < -0.4 is 5.32 Å². The van der Waals surface area contributed by atoms with Crippen LogP contribution in [-0.2, 0) is 4.79 Å². The molecule has 0 heterocycles. The van der Waals surface area contributed by atoms with Gasteiger partial charge >= 0.3 is 12.0 Å². The highest BCUT2D eigenvalue weighted by Gasteiger charge is 2.23. The molecule has 0 bridgehead atoms. The third-order valence-corrected chi connectivity index (χ3v) is 2.80. The van der Waals surface area contributed by atoms with Crippen molar-refractivity contribution in [1.82, 2.24) is 10.2 Å². The fourth-order valence-corrected chi connectivity index (χ4v) is 1.68. The predicted octanol–water partition coefficient (Wildman–Crippen LogP) is 2.07. The number of aliphatic carboxylic acids is 1. The number of hydrogen-bond acceptors (Lipinski definition) is 2. The Morgan fingerprint density at radius 2 is 2.00 bits per heavy atom. The lowest BCUT2D eigenvalue weighted by atomic mass is 10.2. The Morgan fingerprint density at radius 1 is 1.37 bits per heavy atom. The summed E-state index contributed by atoms with van der Waals surface area (Å²) in [5.41, 5.74) is 0. The second-order valence-corrected chi connectivity index (χ2v) is 4.74. The Hall–Kier alpha value is -1.70. The number of carboxylic acid groups (broad SMARTS) is 1. The zero-order valence-corrected chi connectivity index (χ0v) is 12.0. The second-order valence-electron chi connectivity index (χ2n) is 4.74. The first kappa shape index (κ1) is 17.3. The zero-order valence-electron chi connectivity index (χ0n) is 12.0. The van der Waals surface area contributed by atoms with E-state index >= 15 is 0 Å². The summed E-state index contributed by atoms with van der Waals surface area (Å²) in [7, 11) is 0. The van der Waals surface area contributed by atoms with Crippen LogP contribution in [0.1, 0.15) is 46.5 Å². The Labute approximate surface area is 115 Å². The van der Waals surface area contributed by atoms with Gasteiger partial charge in [0.2, 0.25) is 0 Å². The molecule has 0 aliphatic heterocycles. The Kier molecular flexibility index (Phi) is 8.43. The fourth-order valence-electron chi connectivity index (χ4n) is 1.68. The Balaban J connectivity index is 4.53. The monoisotopic (exact) mass is 268 g/mol. The first-order valence-corrected chi connectivity index (χ1v) is 6.67. The van der Waals surface area contributed by atoms with Gasteiger partial charge in [0.25, 0.3) is 0 Å². The van der Waals surface area contributed by atoms with Crippen LogP contribution in [0.15, 0.2) is 0 Å². The lowest BCUT2D eigenvalue weighted by molar-refractivity contribution is -0.139. The zero-order chi connectivity index (χ0) is 14.8. The number of nitrogens with one attached hydrogen (secondary N) is 1. The van der Waals surface area contributed by atoms with E-state index in [0.717, 1.165) is 19.3 Å². The van der Waals surface area contributed by atoms with Crippen molar-refractivity contribution in [2.75, 3.05) is 6.54 Å². The van der Waals surface area contributed by atoms with Gasteiger partial charge in [-0.3, -0.25) is 0 Å². The van der Waals surface area contributed by atoms with E-state index in [-0.39, 0.29) is 18.5 Å². The van der Waals surface area contributed by atoms with Crippen molar-refractivity contribution in [1.29, 1.82) is 0 Å². The molecule has 0 saturated heterocycles. The maximum absolute atomic E-state index is 12.1. The molecule has 0 radical (unpaired) electrons. The molecule has 0 fully saturated rings. The lowest BCUT2D eigenvalue weighted by Gasteiger charge is -2.28. The van der Waals surface area contributed by atoms with E-state index in [9.17, 15) is 9.59 Å². The fraction of sp³-hybridized carbons (Fsp3) is 0.714. The van der Waals surface area contributed by atoms with Crippen molar-refractivity contribution in [3.63, 3.8) is 0 Å². The molecule has 0 aromatic carbocycles. The molecule has 2 N–H and O–H groups in total. The highest BCUT2D eigenvalue weighted by molar-refractivity contribution is 5.82. The smallest absolute Gasteiger partial charge is 0.327 e. The number of carboxylic acids is 1. The second kappa shape index (κ2) is 9.26. The van der Waals surface area contributed by atoms with Crippen LogP contribution in [0.3, 0.4) is 0 Å². The maximum atomic E-state index is 12.1. The van der Waals surface area contributed by atoms with Crippen LogP contribution in [0.5, 0.6) is 0 Å². The van der Waals surface area contributed by atoms with E-state index in [1.165, 1.54) is 0 Å². The molecule has 108 valence electrons. The van der Waals surface area contributed by atoms with Gasteiger partial charge in [-0.1, -0.05) is 19.8 Å². The van der Waals surface area contributed by atoms with Gasteiger partial charge in [-0.2, -0.15) is 0 Å². The van der Waals surface area contributed by atoms with Crippen molar-refractivity contribution < 1.29 is 14.7 Å². The van der Waals surface area contributed by atoms with Crippen LogP contribution in [-0.4, -0.2) is 40.6 Å². The van der Waals surface area contributed by atoms with Gasteiger partial charge in [0.05, 0.1) is 0 Å². The number of urea groups is 1. The highest BCUT2D eigenvalue weighted by atomic mass is 16.4. The lowest BCUT2D eigenvalue weighted by Crippen LogP contribution is -2.50. The van der Waals surface area contributed by atoms with Crippen molar-refractivity contribution >= 4 is 12.0 Å². The molecule has 0 aliphatic rings. The van der Waals surface area contributed by atoms with Crippen LogP contribution in [0.2, 0.25) is 0 Å². The van der Waals surface area contributed by atoms with Crippen LogP contribution >= 0.6 is 0 Å². The Bertz CT molecular complexity index is 334. The molecular weight excluding hydrogens is 244 g/mol. The summed E-state index contributed by atoms with van der Waals surface area (Å²) in [5.74, 6) is 1.15. The average Bonchev–Trinajstić information content (AvgIpc) is 2.33. The summed E-state index contributed by atoms with van der Waals surface area (Å²) in [6.45, 7) is 6.53. The van der Waals surface area contributed by atoms with E-state index in [2.05, 4.69) is 18.2 Å². The van der Waals surface area contributed by atoms with Gasteiger partial charge < -0.3 is 15.3 Å². The number of terminal acetylenes is 1. The van der Waals surface area contributed by atoms with Gasteiger partial charge in [-0.15, -0.1) is 12.3 Å². The first-order chi connectivity index (χ1) is 8.93. The van der Waals surface area contributed by atoms with Gasteiger partial charge in [0, 0.05) is 19.0 Å². The largest absolute Gasteiger partial charge is 0.480 e. The third kappa shape index (κ3) is 6.70. The summed E-state index contributed by atoms with van der Waals surface area (Å²) in [4.78, 5) is 24.6. The molecule has 1 unspecified atom stereocenters. The molecule has 2 amide bonds. The van der Waals surface area contributed by atoms with E-state index in [1.54, 1.807) is 4.90 Å². The van der Waals surface area contributed by atoms with Gasteiger partial charge in [-0.25, -0.2) is 9.59 Å². The quantitative estimate of drug-likeness (QED) is 0.523. The van der Waals surface area contributed by atoms with Gasteiger partial charge in [0.15, 0.2) is 0 Å². The minimum atomic E-state index is -1.11. The molecule has 0 rings (SSSR count). The molecule has 1 atom stereocenters. The molecule has 0 aromatic rings. The maximum Gasteiger partial charge on any atom is 0.327 e. The average molecular weight is 268 g/mol. The van der Waals surface area contributed by atoms with E-state index < -0.39 is 12.0 Å². The van der Waals surface area contributed by atoms with Crippen molar-refractivity contribution in [2.45, 2.75) is 58.5 Å². The summed E-state index contributed by atoms with van der Waals surface area (Å²) >= 11 is 0. The standard InChI is InChI=1S/C14H24N2O3/c1-5-7-8-10-16(11(3)4)14(19)15-12(9-6-2)13(17)18/h2,11-12H,5,7-10H2,1,3-4H3,(H,15,19)(H,17,18). The molecule has 0 spiro atoms. The minimum absolute atomic E-state index is 0.0119. The van der Waals surface area contributed by atoms with E-state index in [0.29, 0.717) is 6.54 Å². The van der Waals surface area contributed by atoms with Gasteiger partial charge in [-0.05, 0) is 20.3 Å². The molecule has 0 aromatic heterocycles. The molecule has 5 heteroatoms. The highest BCUT2D eigenvalue weighted by Crippen LogP contribution is 2.05. The van der Waals surface area contributed by atoms with Crippen LogP contribution in [0.25, 0.3) is 0 Å². The number of nitrogens with zero attached hydrogens (tertiary/aromatic N) is 1. The SMILES string of the molecule is C#CCC(NC(=O)N(CCCCC)C(C)C)C(=O)O. The summed E-state index contributed by atoms with van der Waals surface area (Å²) in [5, 5.41) is 11.4. The molecular formula is C14H24N2O3. The number of rotatable bonds is 8. The summed E-state index contributed by atoms with van der Waals surface area (Å²) < 4.78 is 0. The molecule has 19 heavy (non-hydrogen) atoms. The van der Waals surface area contributed by atoms with E-state index in [4.69, 9.17) is 11.5 Å². The van der Waals surface area contributed by atoms with Crippen molar-refractivity contribution in [3.8, 4) is 12.3 Å². The summed E-state index contributed by atoms with van der Waals surface area (Å²) in [6.07, 6.45) is 8.12. The van der Waals surface area contributed by atoms with Crippen LogP contribution in [0, 0.1) is 12.3 Å². The predicted molar refractivity (Wildman–Crippen MR) is 74.8 cm³/mol. The minimum Gasteiger partial charge on any atom is -0.480 e. The number of hydrogen-bond donors (Lipinski definition) is 2. The van der Waals surface area contributed by atoms with Crippen LogP contribution in [0.4, 0.5) is 4.79 Å². The number of carbonyl (C=O) groups excluding carboxylic acids is 1. The first-order valence-electron chi connectivity index (χ1n) is 6.67. The molecule has 0 saturated carbocycles. The normalized spacial score (nSPS) is 11.7. The molecule has 5 nitrogen and oxygen atoms in total. The number of unbranched alkanes of at least 4 members (excludes halogenated alkanes) is 2. The topological polar surface area (TPSA) is 69.6 Å². The van der Waals surface area contributed by atoms with Crippen molar-refractivity contribution in [2.24, 2.45) is 0 Å². The van der Waals surface area contributed by atoms with Gasteiger partial charge in [0.1, 0.15) is 6.04 Å². The number of amides is 2. The molecule has 0 aliphatic carbocycles.